The van der Waals surface area contributed by atoms with Crippen LogP contribution in [0.5, 0.6) is 0 Å². The van der Waals surface area contributed by atoms with Gasteiger partial charge in [-0.15, -0.1) is 11.3 Å². The van der Waals surface area contributed by atoms with E-state index < -0.39 is 0 Å². The van der Waals surface area contributed by atoms with Crippen LogP contribution >= 0.6 is 22.9 Å². The predicted molar refractivity (Wildman–Crippen MR) is 135 cm³/mol. The Bertz CT molecular complexity index is 1120. The fourth-order valence-electron chi connectivity index (χ4n) is 4.36. The molecule has 0 N–H and O–H groups in total. The maximum atomic E-state index is 13.6. The third-order valence-corrected chi connectivity index (χ3v) is 7.52. The van der Waals surface area contributed by atoms with Gasteiger partial charge >= 0.3 is 0 Å². The lowest BCUT2D eigenvalue weighted by molar-refractivity contribution is -0.134. The molecule has 0 saturated heterocycles. The van der Waals surface area contributed by atoms with Crippen molar-refractivity contribution in [1.82, 2.24) is 9.80 Å². The van der Waals surface area contributed by atoms with Gasteiger partial charge in [0.2, 0.25) is 5.91 Å². The van der Waals surface area contributed by atoms with E-state index in [1.807, 2.05) is 67.3 Å². The van der Waals surface area contributed by atoms with Gasteiger partial charge in [0.15, 0.2) is 0 Å². The van der Waals surface area contributed by atoms with Crippen LogP contribution < -0.4 is 0 Å². The number of fused-ring (bicyclic) bond motifs is 1. The molecule has 0 radical (unpaired) electrons. The number of benzene rings is 2. The molecule has 2 amide bonds. The van der Waals surface area contributed by atoms with Gasteiger partial charge in [-0.3, -0.25) is 9.59 Å². The molecular weight excluding hydrogens is 452 g/mol. The van der Waals surface area contributed by atoms with Crippen molar-refractivity contribution in [2.75, 3.05) is 13.1 Å². The van der Waals surface area contributed by atoms with Crippen LogP contribution in [0.4, 0.5) is 0 Å². The van der Waals surface area contributed by atoms with E-state index in [9.17, 15) is 9.59 Å². The maximum Gasteiger partial charge on any atom is 0.254 e. The second kappa shape index (κ2) is 10.1. The van der Waals surface area contributed by atoms with Crippen molar-refractivity contribution in [3.63, 3.8) is 0 Å². The number of halogens is 1. The summed E-state index contributed by atoms with van der Waals surface area (Å²) in [6.07, 6.45) is 1.75. The van der Waals surface area contributed by atoms with E-state index in [2.05, 4.69) is 18.4 Å². The van der Waals surface area contributed by atoms with Crippen LogP contribution in [0.1, 0.15) is 58.7 Å². The number of hydrogen-bond acceptors (Lipinski definition) is 3. The number of carbonyl (C=O) groups excluding carboxylic acids is 2. The summed E-state index contributed by atoms with van der Waals surface area (Å²) >= 11 is 7.86. The molecule has 1 aliphatic rings. The minimum Gasteiger partial charge on any atom is -0.330 e. The van der Waals surface area contributed by atoms with Crippen LogP contribution in [0.15, 0.2) is 60.0 Å². The number of nitrogens with zero attached hydrogens (tertiary/aromatic N) is 2. The van der Waals surface area contributed by atoms with E-state index in [0.717, 1.165) is 18.4 Å². The lowest BCUT2D eigenvalue weighted by Gasteiger charge is -2.38. The summed E-state index contributed by atoms with van der Waals surface area (Å²) in [4.78, 5) is 31.8. The number of rotatable bonds is 6. The van der Waals surface area contributed by atoms with Gasteiger partial charge in [-0.25, -0.2) is 0 Å². The number of hydrogen-bond donors (Lipinski definition) is 0. The highest BCUT2D eigenvalue weighted by Crippen LogP contribution is 2.38. The highest BCUT2D eigenvalue weighted by Gasteiger charge is 2.34. The molecule has 33 heavy (non-hydrogen) atoms. The maximum absolute atomic E-state index is 13.6. The summed E-state index contributed by atoms with van der Waals surface area (Å²) in [5.41, 5.74) is 4.00. The topological polar surface area (TPSA) is 40.6 Å². The van der Waals surface area contributed by atoms with Crippen LogP contribution in [0.25, 0.3) is 0 Å². The van der Waals surface area contributed by atoms with Crippen molar-refractivity contribution in [2.45, 2.75) is 45.7 Å². The zero-order valence-corrected chi connectivity index (χ0v) is 20.8. The fraction of sp³-hybridized carbons (Fsp3) is 0.333. The highest BCUT2D eigenvalue weighted by molar-refractivity contribution is 7.10. The van der Waals surface area contributed by atoms with E-state index in [-0.39, 0.29) is 30.4 Å². The van der Waals surface area contributed by atoms with Gasteiger partial charge in [-0.05, 0) is 79.1 Å². The molecule has 1 atom stereocenters. The molecule has 1 unspecified atom stereocenters. The molecule has 1 aliphatic heterocycles. The van der Waals surface area contributed by atoms with Crippen molar-refractivity contribution in [2.24, 2.45) is 0 Å². The van der Waals surface area contributed by atoms with Crippen LogP contribution in [0.3, 0.4) is 0 Å². The molecule has 172 valence electrons. The summed E-state index contributed by atoms with van der Waals surface area (Å²) < 4.78 is 0. The lowest BCUT2D eigenvalue weighted by Crippen LogP contribution is -2.48. The van der Waals surface area contributed by atoms with Gasteiger partial charge in [0, 0.05) is 28.0 Å². The molecule has 1 aromatic heterocycles. The smallest absolute Gasteiger partial charge is 0.254 e. The molecule has 0 spiro atoms. The first-order chi connectivity index (χ1) is 15.9. The molecule has 2 heterocycles. The third-order valence-electron chi connectivity index (χ3n) is 6.27. The van der Waals surface area contributed by atoms with E-state index in [4.69, 9.17) is 11.6 Å². The summed E-state index contributed by atoms with van der Waals surface area (Å²) in [5, 5.41) is 2.76. The fourth-order valence-corrected chi connectivity index (χ4v) is 5.39. The van der Waals surface area contributed by atoms with Crippen molar-refractivity contribution in [3.8, 4) is 0 Å². The highest BCUT2D eigenvalue weighted by atomic mass is 35.5. The number of amides is 2. The van der Waals surface area contributed by atoms with E-state index in [1.165, 1.54) is 16.0 Å². The quantitative estimate of drug-likeness (QED) is 0.435. The van der Waals surface area contributed by atoms with Gasteiger partial charge in [-0.2, -0.15) is 0 Å². The van der Waals surface area contributed by atoms with Crippen LogP contribution in [-0.2, 0) is 17.6 Å². The number of carbonyl (C=O) groups is 2. The second-order valence-electron chi connectivity index (χ2n) is 8.67. The van der Waals surface area contributed by atoms with Crippen LogP contribution in [0, 0.1) is 0 Å². The molecule has 0 bridgehead atoms. The Hall–Kier alpha value is -2.63. The van der Waals surface area contributed by atoms with Gasteiger partial charge in [0.05, 0.1) is 6.04 Å². The first kappa shape index (κ1) is 23.5. The average molecular weight is 481 g/mol. The molecule has 0 saturated carbocycles. The summed E-state index contributed by atoms with van der Waals surface area (Å²) in [5.74, 6) is -0.156. The molecular formula is C27H29ClN2O2S. The Labute approximate surface area is 204 Å². The Kier molecular flexibility index (Phi) is 7.20. The summed E-state index contributed by atoms with van der Waals surface area (Å²) in [7, 11) is 0. The zero-order valence-electron chi connectivity index (χ0n) is 19.3. The Morgan fingerprint density at radius 1 is 1.09 bits per heavy atom. The summed E-state index contributed by atoms with van der Waals surface area (Å²) in [6, 6.07) is 17.2. The second-order valence-corrected chi connectivity index (χ2v) is 10.1. The molecule has 3 aromatic rings. The lowest BCUT2D eigenvalue weighted by atomic mass is 9.93. The Balaban J connectivity index is 1.60. The van der Waals surface area contributed by atoms with Crippen molar-refractivity contribution in [1.29, 1.82) is 0 Å². The standard InChI is InChI=1S/C27H29ClN2O2S/c1-4-19-5-7-21(8-6-19)27(32)30(18(2)3)17-25(31)29-15-13-24-23(14-16-33-24)26(29)20-9-11-22(28)12-10-20/h5-12,14,16,18,26H,4,13,15,17H2,1-3H3. The minimum absolute atomic E-state index is 0.0426. The van der Waals surface area contributed by atoms with E-state index in [1.54, 1.807) is 16.2 Å². The first-order valence-corrected chi connectivity index (χ1v) is 12.7. The molecule has 2 aromatic carbocycles. The molecule has 4 rings (SSSR count). The Morgan fingerprint density at radius 3 is 2.42 bits per heavy atom. The average Bonchev–Trinajstić information content (AvgIpc) is 3.31. The first-order valence-electron chi connectivity index (χ1n) is 11.4. The molecule has 4 nitrogen and oxygen atoms in total. The zero-order chi connectivity index (χ0) is 23.5. The molecule has 0 aliphatic carbocycles. The third kappa shape index (κ3) is 4.99. The summed E-state index contributed by atoms with van der Waals surface area (Å²) in [6.45, 7) is 6.68. The van der Waals surface area contributed by atoms with Gasteiger partial charge in [0.1, 0.15) is 6.54 Å². The molecule has 6 heteroatoms. The van der Waals surface area contributed by atoms with Gasteiger partial charge in [0.25, 0.3) is 5.91 Å². The molecule has 0 fully saturated rings. The van der Waals surface area contributed by atoms with Crippen molar-refractivity contribution in [3.05, 3.63) is 92.1 Å². The van der Waals surface area contributed by atoms with Crippen LogP contribution in [-0.4, -0.2) is 40.7 Å². The Morgan fingerprint density at radius 2 is 1.79 bits per heavy atom. The van der Waals surface area contributed by atoms with Crippen LogP contribution in [0.2, 0.25) is 5.02 Å². The largest absolute Gasteiger partial charge is 0.330 e. The monoisotopic (exact) mass is 480 g/mol. The van der Waals surface area contributed by atoms with Crippen molar-refractivity contribution < 1.29 is 9.59 Å². The van der Waals surface area contributed by atoms with Gasteiger partial charge < -0.3 is 9.80 Å². The predicted octanol–water partition coefficient (Wildman–Crippen LogP) is 5.99. The number of thiophene rings is 1. The van der Waals surface area contributed by atoms with Crippen molar-refractivity contribution >= 4 is 34.8 Å². The number of aryl methyl sites for hydroxylation is 1. The normalized spacial score (nSPS) is 15.4. The minimum atomic E-state index is -0.169. The van der Waals surface area contributed by atoms with Gasteiger partial charge in [-0.1, -0.05) is 42.8 Å². The van der Waals surface area contributed by atoms with E-state index >= 15 is 0 Å². The SMILES string of the molecule is CCc1ccc(C(=O)N(CC(=O)N2CCc3sccc3C2c2ccc(Cl)cc2)C(C)C)cc1. The van der Waals surface area contributed by atoms with E-state index in [0.29, 0.717) is 17.1 Å².